The lowest BCUT2D eigenvalue weighted by atomic mass is 9.81. The number of aliphatic hydroxyl groups is 1. The largest absolute Gasteiger partial charge is 0.481 e. The summed E-state index contributed by atoms with van der Waals surface area (Å²) in [4.78, 5) is 23.5. The standard InChI is InChI=1S/C17H32N2O5/c1-6-9(7-2)13(18)12-11(8-10(14(12)20)15(21)22)19-16(23)24-17(3,4)5/h9-14,20H,6-8,18H2,1-5H3,(H,19,23)(H,21,22)/t10-,11+,12-,13-,14+/m0/s1. The van der Waals surface area contributed by atoms with Gasteiger partial charge in [0.25, 0.3) is 0 Å². The number of amides is 1. The van der Waals surface area contributed by atoms with Crippen LogP contribution in [0.15, 0.2) is 0 Å². The van der Waals surface area contributed by atoms with Gasteiger partial charge in [-0.2, -0.15) is 0 Å². The highest BCUT2D eigenvalue weighted by Crippen LogP contribution is 2.37. The zero-order chi connectivity index (χ0) is 18.7. The molecule has 7 nitrogen and oxygen atoms in total. The SMILES string of the molecule is CCC(CC)[C@H](N)[C@H]1[C@H](O)[C@@H](C(=O)O)C[C@H]1NC(=O)OC(C)(C)C. The number of ether oxygens (including phenoxy) is 1. The predicted octanol–water partition coefficient (Wildman–Crippen LogP) is 1.72. The molecule has 5 N–H and O–H groups in total. The first-order valence-corrected chi connectivity index (χ1v) is 8.67. The summed E-state index contributed by atoms with van der Waals surface area (Å²) in [5.74, 6) is -2.36. The van der Waals surface area contributed by atoms with Gasteiger partial charge in [0.05, 0.1) is 12.0 Å². The maximum Gasteiger partial charge on any atom is 0.407 e. The molecule has 0 saturated heterocycles. The average Bonchev–Trinajstić information content (AvgIpc) is 2.74. The minimum absolute atomic E-state index is 0.147. The second-order valence-corrected chi connectivity index (χ2v) is 7.66. The van der Waals surface area contributed by atoms with Gasteiger partial charge in [0.15, 0.2) is 0 Å². The van der Waals surface area contributed by atoms with Crippen LogP contribution >= 0.6 is 0 Å². The lowest BCUT2D eigenvalue weighted by Gasteiger charge is -2.33. The van der Waals surface area contributed by atoms with Gasteiger partial charge in [0.2, 0.25) is 0 Å². The Morgan fingerprint density at radius 1 is 1.29 bits per heavy atom. The molecule has 1 fully saturated rings. The van der Waals surface area contributed by atoms with Crippen molar-refractivity contribution >= 4 is 12.1 Å². The quantitative estimate of drug-likeness (QED) is 0.582. The Bertz CT molecular complexity index is 445. The van der Waals surface area contributed by atoms with Gasteiger partial charge in [-0.3, -0.25) is 4.79 Å². The van der Waals surface area contributed by atoms with Crippen molar-refractivity contribution in [3.8, 4) is 0 Å². The fourth-order valence-electron chi connectivity index (χ4n) is 3.58. The fraction of sp³-hybridized carbons (Fsp3) is 0.882. The van der Waals surface area contributed by atoms with E-state index in [1.165, 1.54) is 0 Å². The molecule has 1 amide bonds. The lowest BCUT2D eigenvalue weighted by Crippen LogP contribution is -2.51. The van der Waals surface area contributed by atoms with Crippen molar-refractivity contribution in [2.75, 3.05) is 0 Å². The Balaban J connectivity index is 2.96. The number of alkyl carbamates (subject to hydrolysis) is 1. The highest BCUT2D eigenvalue weighted by atomic mass is 16.6. The van der Waals surface area contributed by atoms with Crippen LogP contribution in [0.1, 0.15) is 53.9 Å². The van der Waals surface area contributed by atoms with Crippen LogP contribution in [-0.4, -0.2) is 46.1 Å². The minimum atomic E-state index is -1.09. The van der Waals surface area contributed by atoms with Crippen LogP contribution in [0.25, 0.3) is 0 Å². The molecule has 1 saturated carbocycles. The molecule has 0 aliphatic heterocycles. The zero-order valence-corrected chi connectivity index (χ0v) is 15.3. The van der Waals surface area contributed by atoms with E-state index in [1.54, 1.807) is 20.8 Å². The van der Waals surface area contributed by atoms with Crippen LogP contribution in [0.4, 0.5) is 4.79 Å². The minimum Gasteiger partial charge on any atom is -0.481 e. The third kappa shape index (κ3) is 5.08. The van der Waals surface area contributed by atoms with Crippen molar-refractivity contribution in [1.82, 2.24) is 5.32 Å². The summed E-state index contributed by atoms with van der Waals surface area (Å²) in [6, 6.07) is -0.911. The molecule has 0 bridgehead atoms. The van der Waals surface area contributed by atoms with E-state index in [0.717, 1.165) is 12.8 Å². The third-order valence-electron chi connectivity index (χ3n) is 4.84. The van der Waals surface area contributed by atoms with Gasteiger partial charge >= 0.3 is 12.1 Å². The Kier molecular flexibility index (Phi) is 7.04. The molecule has 1 rings (SSSR count). The number of aliphatic carboxylic acids is 1. The second kappa shape index (κ2) is 8.16. The van der Waals surface area contributed by atoms with Crippen LogP contribution in [0, 0.1) is 17.8 Å². The van der Waals surface area contributed by atoms with Crippen molar-refractivity contribution in [1.29, 1.82) is 0 Å². The van der Waals surface area contributed by atoms with Crippen LogP contribution in [0.3, 0.4) is 0 Å². The number of hydrogen-bond donors (Lipinski definition) is 4. The van der Waals surface area contributed by atoms with Crippen molar-refractivity contribution < 1.29 is 24.5 Å². The third-order valence-corrected chi connectivity index (χ3v) is 4.84. The van der Waals surface area contributed by atoms with Crippen molar-refractivity contribution in [3.05, 3.63) is 0 Å². The molecular weight excluding hydrogens is 312 g/mol. The molecule has 24 heavy (non-hydrogen) atoms. The topological polar surface area (TPSA) is 122 Å². The molecule has 140 valence electrons. The predicted molar refractivity (Wildman–Crippen MR) is 90.4 cm³/mol. The summed E-state index contributed by atoms with van der Waals surface area (Å²) in [7, 11) is 0. The van der Waals surface area contributed by atoms with Gasteiger partial charge in [-0.1, -0.05) is 26.7 Å². The number of carboxylic acid groups (broad SMARTS) is 1. The average molecular weight is 344 g/mol. The van der Waals surface area contributed by atoms with Crippen molar-refractivity contribution in [2.45, 2.75) is 77.7 Å². The first-order valence-electron chi connectivity index (χ1n) is 8.67. The summed E-state index contributed by atoms with van der Waals surface area (Å²) in [5, 5.41) is 22.5. The van der Waals surface area contributed by atoms with Gasteiger partial charge in [0, 0.05) is 18.0 Å². The molecule has 1 aliphatic carbocycles. The maximum atomic E-state index is 12.1. The molecule has 0 unspecified atom stereocenters. The molecule has 1 aliphatic rings. The van der Waals surface area contributed by atoms with E-state index in [4.69, 9.17) is 10.5 Å². The van der Waals surface area contributed by atoms with Gasteiger partial charge in [0.1, 0.15) is 5.60 Å². The Labute approximate surface area is 143 Å². The van der Waals surface area contributed by atoms with E-state index in [9.17, 15) is 19.8 Å². The van der Waals surface area contributed by atoms with Crippen LogP contribution in [0.5, 0.6) is 0 Å². The van der Waals surface area contributed by atoms with Crippen LogP contribution < -0.4 is 11.1 Å². The van der Waals surface area contributed by atoms with E-state index < -0.39 is 41.6 Å². The molecule has 7 heteroatoms. The molecule has 0 radical (unpaired) electrons. The van der Waals surface area contributed by atoms with Gasteiger partial charge in [-0.25, -0.2) is 4.79 Å². The summed E-state index contributed by atoms with van der Waals surface area (Å²) < 4.78 is 5.25. The first-order chi connectivity index (χ1) is 11.0. The number of nitrogens with one attached hydrogen (secondary N) is 1. The Hall–Kier alpha value is -1.34. The zero-order valence-electron chi connectivity index (χ0n) is 15.3. The summed E-state index contributed by atoms with van der Waals surface area (Å²) in [5.41, 5.74) is 5.69. The number of carboxylic acids is 1. The summed E-state index contributed by atoms with van der Waals surface area (Å²) >= 11 is 0. The van der Waals surface area contributed by atoms with Crippen molar-refractivity contribution in [2.24, 2.45) is 23.5 Å². The molecular formula is C17H32N2O5. The van der Waals surface area contributed by atoms with Crippen LogP contribution in [-0.2, 0) is 9.53 Å². The summed E-state index contributed by atoms with van der Waals surface area (Å²) in [6.07, 6.45) is 0.106. The maximum absolute atomic E-state index is 12.1. The lowest BCUT2D eigenvalue weighted by molar-refractivity contribution is -0.145. The van der Waals surface area contributed by atoms with Gasteiger partial charge < -0.3 is 26.0 Å². The fourth-order valence-corrected chi connectivity index (χ4v) is 3.58. The highest BCUT2D eigenvalue weighted by Gasteiger charge is 2.50. The van der Waals surface area contributed by atoms with E-state index in [0.29, 0.717) is 0 Å². The Morgan fingerprint density at radius 3 is 2.25 bits per heavy atom. The second-order valence-electron chi connectivity index (χ2n) is 7.66. The first kappa shape index (κ1) is 20.7. The molecule has 0 spiro atoms. The van der Waals surface area contributed by atoms with E-state index >= 15 is 0 Å². The molecule has 0 aromatic rings. The number of hydrogen-bond acceptors (Lipinski definition) is 5. The number of carbonyl (C=O) groups excluding carboxylic acids is 1. The van der Waals surface area contributed by atoms with E-state index in [1.807, 2.05) is 13.8 Å². The van der Waals surface area contributed by atoms with Crippen molar-refractivity contribution in [3.63, 3.8) is 0 Å². The van der Waals surface area contributed by atoms with Crippen LogP contribution in [0.2, 0.25) is 0 Å². The Morgan fingerprint density at radius 2 is 1.83 bits per heavy atom. The van der Waals surface area contributed by atoms with Gasteiger partial charge in [-0.15, -0.1) is 0 Å². The van der Waals surface area contributed by atoms with Gasteiger partial charge in [-0.05, 0) is 33.1 Å². The molecule has 5 atom stereocenters. The summed E-state index contributed by atoms with van der Waals surface area (Å²) in [6.45, 7) is 9.29. The number of carbonyl (C=O) groups is 2. The smallest absolute Gasteiger partial charge is 0.407 e. The molecule has 0 aromatic heterocycles. The highest BCUT2D eigenvalue weighted by molar-refractivity contribution is 5.72. The normalized spacial score (nSPS) is 28.7. The number of rotatable bonds is 6. The number of aliphatic hydroxyl groups excluding tert-OH is 1. The molecule has 0 aromatic carbocycles. The molecule has 0 heterocycles. The van der Waals surface area contributed by atoms with E-state index in [-0.39, 0.29) is 18.4 Å². The number of nitrogens with two attached hydrogens (primary N) is 1. The van der Waals surface area contributed by atoms with E-state index in [2.05, 4.69) is 5.32 Å². The monoisotopic (exact) mass is 344 g/mol.